The van der Waals surface area contributed by atoms with Crippen molar-refractivity contribution in [2.24, 2.45) is 0 Å². The number of hydrogen-bond donors (Lipinski definition) is 0. The first-order valence-corrected chi connectivity index (χ1v) is 7.53. The van der Waals surface area contributed by atoms with Gasteiger partial charge in [-0.25, -0.2) is 17.2 Å². The van der Waals surface area contributed by atoms with Gasteiger partial charge in [-0.2, -0.15) is 5.26 Å². The van der Waals surface area contributed by atoms with Crippen molar-refractivity contribution >= 4 is 15.5 Å². The molecule has 1 saturated heterocycles. The van der Waals surface area contributed by atoms with Gasteiger partial charge in [-0.05, 0) is 19.1 Å². The minimum Gasteiger partial charge on any atom is -0.364 e. The van der Waals surface area contributed by atoms with E-state index in [1.165, 1.54) is 17.0 Å². The summed E-state index contributed by atoms with van der Waals surface area (Å²) in [5, 5.41) is 8.62. The lowest BCUT2D eigenvalue weighted by Crippen LogP contribution is -2.47. The number of anilines is 1. The fourth-order valence-electron chi connectivity index (χ4n) is 2.20. The number of hydrogen-bond acceptors (Lipinski definition) is 4. The zero-order valence-corrected chi connectivity index (χ0v) is 11.0. The number of halogens is 2. The second-order valence-corrected chi connectivity index (χ2v) is 6.76. The molecule has 1 aromatic carbocycles. The van der Waals surface area contributed by atoms with Crippen LogP contribution in [0.15, 0.2) is 12.1 Å². The standard InChI is InChI=1S/C12H12F2N2O2S/c1-8-7-19(17,18)5-4-16(8)10-3-2-9(6-15)11(13)12(10)14/h2-3,8H,4-5,7H2,1H3. The average molecular weight is 286 g/mol. The quantitative estimate of drug-likeness (QED) is 0.784. The first-order chi connectivity index (χ1) is 8.85. The van der Waals surface area contributed by atoms with E-state index in [-0.39, 0.29) is 29.3 Å². The fourth-order valence-corrected chi connectivity index (χ4v) is 3.76. The van der Waals surface area contributed by atoms with Crippen molar-refractivity contribution in [3.8, 4) is 6.07 Å². The molecule has 0 aliphatic carbocycles. The highest BCUT2D eigenvalue weighted by molar-refractivity contribution is 7.91. The summed E-state index contributed by atoms with van der Waals surface area (Å²) >= 11 is 0. The second kappa shape index (κ2) is 4.78. The van der Waals surface area contributed by atoms with Gasteiger partial charge in [0.05, 0.1) is 22.8 Å². The van der Waals surface area contributed by atoms with E-state index in [9.17, 15) is 17.2 Å². The van der Waals surface area contributed by atoms with E-state index in [1.807, 2.05) is 0 Å². The molecule has 0 aromatic heterocycles. The zero-order valence-electron chi connectivity index (χ0n) is 10.2. The van der Waals surface area contributed by atoms with E-state index >= 15 is 0 Å². The lowest BCUT2D eigenvalue weighted by molar-refractivity contribution is 0.498. The fraction of sp³-hybridized carbons (Fsp3) is 0.417. The maximum Gasteiger partial charge on any atom is 0.183 e. The molecule has 1 heterocycles. The minimum absolute atomic E-state index is 0.00102. The molecule has 7 heteroatoms. The van der Waals surface area contributed by atoms with E-state index in [2.05, 4.69) is 0 Å². The smallest absolute Gasteiger partial charge is 0.183 e. The number of nitrogens with zero attached hydrogens (tertiary/aromatic N) is 2. The van der Waals surface area contributed by atoms with Crippen LogP contribution in [-0.4, -0.2) is 32.5 Å². The van der Waals surface area contributed by atoms with Crippen molar-refractivity contribution in [1.29, 1.82) is 5.26 Å². The summed E-state index contributed by atoms with van der Waals surface area (Å²) < 4.78 is 50.3. The molecule has 1 fully saturated rings. The van der Waals surface area contributed by atoms with Gasteiger partial charge in [0, 0.05) is 12.6 Å². The molecule has 1 atom stereocenters. The molecule has 1 aliphatic rings. The summed E-state index contributed by atoms with van der Waals surface area (Å²) in [5.41, 5.74) is -0.363. The monoisotopic (exact) mass is 286 g/mol. The number of sulfone groups is 1. The topological polar surface area (TPSA) is 61.2 Å². The molecule has 0 N–H and O–H groups in total. The molecule has 1 aliphatic heterocycles. The van der Waals surface area contributed by atoms with Crippen LogP contribution in [0, 0.1) is 23.0 Å². The predicted octanol–water partition coefficient (Wildman–Crippen LogP) is 1.46. The molecular weight excluding hydrogens is 274 g/mol. The third-order valence-corrected chi connectivity index (χ3v) is 4.96. The van der Waals surface area contributed by atoms with Crippen molar-refractivity contribution in [3.63, 3.8) is 0 Å². The molecule has 19 heavy (non-hydrogen) atoms. The summed E-state index contributed by atoms with van der Waals surface area (Å²) in [6, 6.07) is 3.64. The van der Waals surface area contributed by atoms with Crippen LogP contribution < -0.4 is 4.90 Å². The van der Waals surface area contributed by atoms with Crippen molar-refractivity contribution in [1.82, 2.24) is 0 Å². The van der Waals surface area contributed by atoms with Gasteiger partial charge in [-0.15, -0.1) is 0 Å². The number of nitriles is 1. The Morgan fingerprint density at radius 1 is 1.37 bits per heavy atom. The lowest BCUT2D eigenvalue weighted by Gasteiger charge is -2.35. The van der Waals surface area contributed by atoms with Gasteiger partial charge in [0.2, 0.25) is 0 Å². The second-order valence-electron chi connectivity index (χ2n) is 4.53. The van der Waals surface area contributed by atoms with E-state index in [0.717, 1.165) is 0 Å². The lowest BCUT2D eigenvalue weighted by atomic mass is 10.1. The Kier molecular flexibility index (Phi) is 3.45. The van der Waals surface area contributed by atoms with Crippen LogP contribution >= 0.6 is 0 Å². The van der Waals surface area contributed by atoms with Gasteiger partial charge in [0.1, 0.15) is 6.07 Å². The van der Waals surface area contributed by atoms with Crippen molar-refractivity contribution in [3.05, 3.63) is 29.3 Å². The summed E-state index contributed by atoms with van der Waals surface area (Å²) in [7, 11) is -3.12. The van der Waals surface area contributed by atoms with Crippen molar-refractivity contribution in [2.45, 2.75) is 13.0 Å². The summed E-state index contributed by atoms with van der Waals surface area (Å²) in [5.74, 6) is -2.47. The maximum atomic E-state index is 13.9. The highest BCUT2D eigenvalue weighted by Crippen LogP contribution is 2.27. The first-order valence-electron chi connectivity index (χ1n) is 5.71. The Hall–Kier alpha value is -1.68. The summed E-state index contributed by atoms with van der Waals surface area (Å²) in [4.78, 5) is 1.51. The highest BCUT2D eigenvalue weighted by Gasteiger charge is 2.30. The van der Waals surface area contributed by atoms with Crippen molar-refractivity contribution in [2.75, 3.05) is 23.0 Å². The largest absolute Gasteiger partial charge is 0.364 e. The molecule has 0 bridgehead atoms. The normalized spacial score (nSPS) is 22.0. The Balaban J connectivity index is 2.39. The van der Waals surface area contributed by atoms with Crippen LogP contribution in [0.25, 0.3) is 0 Å². The van der Waals surface area contributed by atoms with Gasteiger partial charge in [0.25, 0.3) is 0 Å². The Morgan fingerprint density at radius 2 is 2.05 bits per heavy atom. The van der Waals surface area contributed by atoms with Crippen LogP contribution in [0.5, 0.6) is 0 Å². The summed E-state index contributed by atoms with van der Waals surface area (Å²) in [6.07, 6.45) is 0. The van der Waals surface area contributed by atoms with Crippen LogP contribution in [-0.2, 0) is 9.84 Å². The predicted molar refractivity (Wildman–Crippen MR) is 66.5 cm³/mol. The van der Waals surface area contributed by atoms with E-state index in [0.29, 0.717) is 0 Å². The van der Waals surface area contributed by atoms with Crippen LogP contribution in [0.1, 0.15) is 12.5 Å². The van der Waals surface area contributed by atoms with Crippen LogP contribution in [0.2, 0.25) is 0 Å². The number of rotatable bonds is 1. The SMILES string of the molecule is CC1CS(=O)(=O)CCN1c1ccc(C#N)c(F)c1F. The Labute approximate surface area is 110 Å². The van der Waals surface area contributed by atoms with Crippen LogP contribution in [0.4, 0.5) is 14.5 Å². The van der Waals surface area contributed by atoms with E-state index in [1.54, 1.807) is 13.0 Å². The molecule has 0 radical (unpaired) electrons. The van der Waals surface area contributed by atoms with E-state index in [4.69, 9.17) is 5.26 Å². The molecule has 2 rings (SSSR count). The molecule has 4 nitrogen and oxygen atoms in total. The molecule has 0 amide bonds. The number of benzene rings is 1. The minimum atomic E-state index is -3.12. The first kappa shape index (κ1) is 13.7. The van der Waals surface area contributed by atoms with Gasteiger partial charge in [-0.3, -0.25) is 0 Å². The Morgan fingerprint density at radius 3 is 2.63 bits per heavy atom. The molecule has 0 spiro atoms. The average Bonchev–Trinajstić information content (AvgIpc) is 2.33. The van der Waals surface area contributed by atoms with Gasteiger partial charge < -0.3 is 4.90 Å². The van der Waals surface area contributed by atoms with Gasteiger partial charge >= 0.3 is 0 Å². The molecule has 102 valence electrons. The molecule has 0 saturated carbocycles. The van der Waals surface area contributed by atoms with E-state index < -0.39 is 27.5 Å². The van der Waals surface area contributed by atoms with Gasteiger partial charge in [0.15, 0.2) is 21.5 Å². The van der Waals surface area contributed by atoms with Crippen molar-refractivity contribution < 1.29 is 17.2 Å². The van der Waals surface area contributed by atoms with Gasteiger partial charge in [-0.1, -0.05) is 0 Å². The Bertz CT molecular complexity index is 652. The third kappa shape index (κ3) is 2.54. The zero-order chi connectivity index (χ0) is 14.2. The van der Waals surface area contributed by atoms with Crippen LogP contribution in [0.3, 0.4) is 0 Å². The third-order valence-electron chi connectivity index (χ3n) is 3.16. The highest BCUT2D eigenvalue weighted by atomic mass is 32.2. The summed E-state index contributed by atoms with van der Waals surface area (Å²) in [6.45, 7) is 1.76. The molecule has 1 aromatic rings. The molecular formula is C12H12F2N2O2S. The maximum absolute atomic E-state index is 13.9. The molecule has 1 unspecified atom stereocenters.